The summed E-state index contributed by atoms with van der Waals surface area (Å²) in [6.07, 6.45) is 0. The quantitative estimate of drug-likeness (QED) is 0.584. The van der Waals surface area contributed by atoms with Crippen LogP contribution in [0.3, 0.4) is 0 Å². The van der Waals surface area contributed by atoms with Gasteiger partial charge in [0.1, 0.15) is 22.6 Å². The van der Waals surface area contributed by atoms with Crippen molar-refractivity contribution in [2.45, 2.75) is 0 Å². The van der Waals surface area contributed by atoms with E-state index in [0.717, 1.165) is 0 Å². The number of hydrogen-bond donors (Lipinski definition) is 4. The molecule has 0 amide bonds. The molecular weight excluding hydrogens is 331 g/mol. The van der Waals surface area contributed by atoms with Crippen LogP contribution in [-0.2, 0) is 0 Å². The summed E-state index contributed by atoms with van der Waals surface area (Å²) in [7, 11) is 0. The van der Waals surface area contributed by atoms with E-state index in [1.807, 2.05) is 0 Å². The fourth-order valence-electron chi connectivity index (χ4n) is 0.919. The number of phenols is 2. The standard InChI is InChI=1S/C8H6O6.La/c9-5-1-3(7(11)12)6(10)2-4(5)8(13)14;/h1-2,9-10H,(H,11,12)(H,13,14);. The van der Waals surface area contributed by atoms with Crippen molar-refractivity contribution in [2.24, 2.45) is 0 Å². The largest absolute Gasteiger partial charge is 0.507 e. The van der Waals surface area contributed by atoms with Gasteiger partial charge in [-0.1, -0.05) is 0 Å². The molecule has 1 rings (SSSR count). The summed E-state index contributed by atoms with van der Waals surface area (Å²) in [5.74, 6) is -4.30. The molecule has 0 saturated heterocycles. The summed E-state index contributed by atoms with van der Waals surface area (Å²) < 4.78 is 0. The Morgan fingerprint density at radius 2 is 1.13 bits per heavy atom. The minimum absolute atomic E-state index is 0. The average Bonchev–Trinajstić information content (AvgIpc) is 2.07. The predicted molar refractivity (Wildman–Crippen MR) is 43.7 cm³/mol. The van der Waals surface area contributed by atoms with Crippen molar-refractivity contribution in [1.82, 2.24) is 0 Å². The molecule has 0 aliphatic heterocycles. The first-order chi connectivity index (χ1) is 6.43. The molecule has 77 valence electrons. The van der Waals surface area contributed by atoms with Crippen LogP contribution in [0.5, 0.6) is 11.5 Å². The van der Waals surface area contributed by atoms with Crippen molar-refractivity contribution >= 4 is 11.9 Å². The molecule has 1 aromatic carbocycles. The van der Waals surface area contributed by atoms with Crippen LogP contribution in [-0.4, -0.2) is 32.4 Å². The third kappa shape index (κ3) is 2.95. The second-order valence-corrected chi connectivity index (χ2v) is 2.50. The maximum Gasteiger partial charge on any atom is 0.339 e. The van der Waals surface area contributed by atoms with E-state index in [4.69, 9.17) is 20.4 Å². The van der Waals surface area contributed by atoms with Crippen LogP contribution < -0.4 is 0 Å². The van der Waals surface area contributed by atoms with Gasteiger partial charge in [0.15, 0.2) is 0 Å². The third-order valence-corrected chi connectivity index (χ3v) is 1.57. The maximum absolute atomic E-state index is 10.4. The Bertz CT molecular complexity index is 374. The number of carbonyl (C=O) groups is 2. The van der Waals surface area contributed by atoms with Crippen molar-refractivity contribution < 1.29 is 65.6 Å². The van der Waals surface area contributed by atoms with Gasteiger partial charge in [0.2, 0.25) is 0 Å². The van der Waals surface area contributed by atoms with Crippen molar-refractivity contribution in [3.63, 3.8) is 0 Å². The fraction of sp³-hybridized carbons (Fsp3) is 0. The SMILES string of the molecule is O=C(O)c1cc(O)c(C(=O)O)cc1O.[La]. The number of hydrogen-bond acceptors (Lipinski definition) is 4. The average molecular weight is 337 g/mol. The van der Waals surface area contributed by atoms with Gasteiger partial charge in [-0.25, -0.2) is 9.59 Å². The summed E-state index contributed by atoms with van der Waals surface area (Å²) in [6, 6.07) is 1.36. The summed E-state index contributed by atoms with van der Waals surface area (Å²) in [5, 5.41) is 35.2. The van der Waals surface area contributed by atoms with Crippen LogP contribution in [0.15, 0.2) is 12.1 Å². The second-order valence-electron chi connectivity index (χ2n) is 2.50. The fourth-order valence-corrected chi connectivity index (χ4v) is 0.919. The van der Waals surface area contributed by atoms with E-state index >= 15 is 0 Å². The van der Waals surface area contributed by atoms with Gasteiger partial charge in [0.25, 0.3) is 0 Å². The third-order valence-electron chi connectivity index (χ3n) is 1.57. The Hall–Kier alpha value is -1.05. The van der Waals surface area contributed by atoms with E-state index in [1.54, 1.807) is 0 Å². The van der Waals surface area contributed by atoms with Crippen LogP contribution in [0.2, 0.25) is 0 Å². The van der Waals surface area contributed by atoms with Gasteiger partial charge >= 0.3 is 11.9 Å². The molecule has 0 saturated carbocycles. The summed E-state index contributed by atoms with van der Waals surface area (Å²) in [6.45, 7) is 0. The maximum atomic E-state index is 10.4. The summed E-state index contributed by atoms with van der Waals surface area (Å²) >= 11 is 0. The zero-order chi connectivity index (χ0) is 10.9. The van der Waals surface area contributed by atoms with Crippen LogP contribution >= 0.6 is 0 Å². The van der Waals surface area contributed by atoms with E-state index < -0.39 is 34.6 Å². The molecule has 0 heterocycles. The van der Waals surface area contributed by atoms with Crippen LogP contribution in [0, 0.1) is 35.6 Å². The molecule has 1 radical (unpaired) electrons. The van der Waals surface area contributed by atoms with E-state index in [2.05, 4.69) is 0 Å². The van der Waals surface area contributed by atoms with Gasteiger partial charge in [0.05, 0.1) is 0 Å². The van der Waals surface area contributed by atoms with Crippen molar-refractivity contribution in [2.75, 3.05) is 0 Å². The molecule has 0 fully saturated rings. The summed E-state index contributed by atoms with van der Waals surface area (Å²) in [5.41, 5.74) is -1.10. The molecule has 0 aromatic heterocycles. The van der Waals surface area contributed by atoms with Crippen molar-refractivity contribution in [3.8, 4) is 11.5 Å². The number of carboxylic acids is 2. The van der Waals surface area contributed by atoms with Crippen LogP contribution in [0.25, 0.3) is 0 Å². The van der Waals surface area contributed by atoms with Gasteiger partial charge < -0.3 is 20.4 Å². The molecule has 0 spiro atoms. The Kier molecular flexibility index (Phi) is 4.79. The minimum Gasteiger partial charge on any atom is -0.507 e. The second kappa shape index (κ2) is 5.15. The molecule has 7 heteroatoms. The Morgan fingerprint density at radius 1 is 0.867 bits per heavy atom. The molecule has 0 bridgehead atoms. The monoisotopic (exact) mass is 337 g/mol. The zero-order valence-electron chi connectivity index (χ0n) is 7.34. The van der Waals surface area contributed by atoms with E-state index in [-0.39, 0.29) is 35.6 Å². The normalized spacial score (nSPS) is 9.07. The first-order valence-corrected chi connectivity index (χ1v) is 3.46. The van der Waals surface area contributed by atoms with Gasteiger partial charge in [-0.2, -0.15) is 0 Å². The first kappa shape index (κ1) is 14.0. The Labute approximate surface area is 112 Å². The van der Waals surface area contributed by atoms with Crippen molar-refractivity contribution in [3.05, 3.63) is 23.3 Å². The first-order valence-electron chi connectivity index (χ1n) is 3.46. The molecule has 6 nitrogen and oxygen atoms in total. The Balaban J connectivity index is 0.00000196. The number of rotatable bonds is 2. The number of aromatic hydroxyl groups is 2. The summed E-state index contributed by atoms with van der Waals surface area (Å²) in [4.78, 5) is 20.9. The predicted octanol–water partition coefficient (Wildman–Crippen LogP) is 0.494. The zero-order valence-corrected chi connectivity index (χ0v) is 11.0. The molecule has 0 aliphatic rings. The van der Waals surface area contributed by atoms with E-state index in [9.17, 15) is 9.59 Å². The number of aromatic carboxylic acids is 2. The van der Waals surface area contributed by atoms with Crippen LogP contribution in [0.1, 0.15) is 20.7 Å². The molecule has 1 aromatic rings. The Morgan fingerprint density at radius 3 is 1.33 bits per heavy atom. The minimum atomic E-state index is -1.45. The van der Waals surface area contributed by atoms with Gasteiger partial charge in [0, 0.05) is 35.6 Å². The molecule has 15 heavy (non-hydrogen) atoms. The number of benzene rings is 1. The van der Waals surface area contributed by atoms with Gasteiger partial charge in [-0.3, -0.25) is 0 Å². The topological polar surface area (TPSA) is 115 Å². The van der Waals surface area contributed by atoms with Gasteiger partial charge in [-0.05, 0) is 12.1 Å². The molecule has 0 aliphatic carbocycles. The molecule has 4 N–H and O–H groups in total. The smallest absolute Gasteiger partial charge is 0.339 e. The molecular formula is C8H6LaO6. The van der Waals surface area contributed by atoms with E-state index in [0.29, 0.717) is 12.1 Å². The van der Waals surface area contributed by atoms with Gasteiger partial charge in [-0.15, -0.1) is 0 Å². The number of carboxylic acid groups (broad SMARTS) is 2. The molecule has 0 unspecified atom stereocenters. The van der Waals surface area contributed by atoms with Crippen LogP contribution in [0.4, 0.5) is 0 Å². The van der Waals surface area contributed by atoms with E-state index in [1.165, 1.54) is 0 Å². The van der Waals surface area contributed by atoms with Crippen molar-refractivity contribution in [1.29, 1.82) is 0 Å². The molecule has 0 atom stereocenters.